The molecule has 0 radical (unpaired) electrons. The van der Waals surface area contributed by atoms with Crippen molar-refractivity contribution in [2.75, 3.05) is 4.31 Å². The number of benzene rings is 2. The standard InChI is InChI=1S/C16H14FNO4S/c1-10-8-11-4-2-3-5-14(11)18(10)23(21,22)15-9-12(16(19)20)6-7-13(15)17/h2-7,9-10H,8H2,1H3,(H,19,20)/t10-/m1/s1. The number of halogens is 1. The van der Waals surface area contributed by atoms with Gasteiger partial charge in [-0.25, -0.2) is 17.6 Å². The van der Waals surface area contributed by atoms with Crippen molar-refractivity contribution in [2.24, 2.45) is 0 Å². The zero-order valence-corrected chi connectivity index (χ0v) is 13.0. The van der Waals surface area contributed by atoms with Crippen LogP contribution in [0, 0.1) is 5.82 Å². The van der Waals surface area contributed by atoms with Crippen molar-refractivity contribution < 1.29 is 22.7 Å². The summed E-state index contributed by atoms with van der Waals surface area (Å²) < 4.78 is 41.0. The summed E-state index contributed by atoms with van der Waals surface area (Å²) in [6.07, 6.45) is 0.523. The van der Waals surface area contributed by atoms with E-state index < -0.39 is 26.7 Å². The fraction of sp³-hybridized carbons (Fsp3) is 0.188. The van der Waals surface area contributed by atoms with E-state index in [0.29, 0.717) is 12.1 Å². The fourth-order valence-electron chi connectivity index (χ4n) is 2.84. The molecule has 1 aliphatic rings. The lowest BCUT2D eigenvalue weighted by atomic mass is 10.1. The van der Waals surface area contributed by atoms with Crippen molar-refractivity contribution in [1.82, 2.24) is 0 Å². The maximum atomic E-state index is 14.1. The molecule has 3 rings (SSSR count). The van der Waals surface area contributed by atoms with Crippen LogP contribution < -0.4 is 4.31 Å². The zero-order valence-electron chi connectivity index (χ0n) is 12.2. The first-order valence-corrected chi connectivity index (χ1v) is 8.41. The van der Waals surface area contributed by atoms with Crippen LogP contribution in [0.3, 0.4) is 0 Å². The smallest absolute Gasteiger partial charge is 0.335 e. The SMILES string of the molecule is C[C@@H]1Cc2ccccc2N1S(=O)(=O)c1cc(C(=O)O)ccc1F. The van der Waals surface area contributed by atoms with Crippen LogP contribution in [-0.2, 0) is 16.4 Å². The fourth-order valence-corrected chi connectivity index (χ4v) is 4.63. The quantitative estimate of drug-likeness (QED) is 0.936. The van der Waals surface area contributed by atoms with Crippen LogP contribution in [0.25, 0.3) is 0 Å². The monoisotopic (exact) mass is 335 g/mol. The molecule has 0 amide bonds. The lowest BCUT2D eigenvalue weighted by molar-refractivity contribution is 0.0696. The second kappa shape index (κ2) is 5.34. The van der Waals surface area contributed by atoms with Gasteiger partial charge in [-0.1, -0.05) is 18.2 Å². The molecule has 0 aromatic heterocycles. The van der Waals surface area contributed by atoms with Crippen LogP contribution >= 0.6 is 0 Å². The highest BCUT2D eigenvalue weighted by Crippen LogP contribution is 2.37. The Labute approximate surface area is 133 Å². The van der Waals surface area contributed by atoms with Gasteiger partial charge in [0.1, 0.15) is 10.7 Å². The number of carboxylic acids is 1. The molecule has 2 aromatic carbocycles. The highest BCUT2D eigenvalue weighted by Gasteiger charge is 2.37. The van der Waals surface area contributed by atoms with E-state index in [1.54, 1.807) is 19.1 Å². The Bertz CT molecular complexity index is 895. The average molecular weight is 335 g/mol. The predicted octanol–water partition coefficient (Wildman–Crippen LogP) is 2.66. The molecule has 0 saturated carbocycles. The van der Waals surface area contributed by atoms with Gasteiger partial charge in [0, 0.05) is 6.04 Å². The Kier molecular flexibility index (Phi) is 3.60. The molecule has 1 N–H and O–H groups in total. The van der Waals surface area contributed by atoms with Gasteiger partial charge in [-0.2, -0.15) is 0 Å². The van der Waals surface area contributed by atoms with Gasteiger partial charge in [0.15, 0.2) is 0 Å². The van der Waals surface area contributed by atoms with Crippen LogP contribution in [0.4, 0.5) is 10.1 Å². The Morgan fingerprint density at radius 2 is 1.96 bits per heavy atom. The van der Waals surface area contributed by atoms with Crippen LogP contribution in [0.5, 0.6) is 0 Å². The molecule has 0 spiro atoms. The van der Waals surface area contributed by atoms with Crippen LogP contribution in [0.15, 0.2) is 47.4 Å². The second-order valence-corrected chi connectivity index (χ2v) is 7.22. The summed E-state index contributed by atoms with van der Waals surface area (Å²) in [6, 6.07) is 9.41. The van der Waals surface area contributed by atoms with E-state index in [-0.39, 0.29) is 11.6 Å². The van der Waals surface area contributed by atoms with Crippen LogP contribution in [0.2, 0.25) is 0 Å². The summed E-state index contributed by atoms with van der Waals surface area (Å²) in [5.74, 6) is -2.28. The molecular weight excluding hydrogens is 321 g/mol. The summed E-state index contributed by atoms with van der Waals surface area (Å²) in [6.45, 7) is 1.73. The van der Waals surface area contributed by atoms with E-state index in [1.165, 1.54) is 0 Å². The van der Waals surface area contributed by atoms with Crippen molar-refractivity contribution in [3.8, 4) is 0 Å². The van der Waals surface area contributed by atoms with Crippen molar-refractivity contribution in [2.45, 2.75) is 24.3 Å². The number of carbonyl (C=O) groups is 1. The first kappa shape index (κ1) is 15.5. The van der Waals surface area contributed by atoms with Gasteiger partial charge >= 0.3 is 5.97 Å². The lowest BCUT2D eigenvalue weighted by Crippen LogP contribution is -2.36. The van der Waals surface area contributed by atoms with Crippen molar-refractivity contribution in [3.05, 3.63) is 59.4 Å². The van der Waals surface area contributed by atoms with E-state index in [9.17, 15) is 17.6 Å². The summed E-state index contributed by atoms with van der Waals surface area (Å²) in [5.41, 5.74) is 1.09. The van der Waals surface area contributed by atoms with Gasteiger partial charge in [-0.15, -0.1) is 0 Å². The van der Waals surface area contributed by atoms with E-state index in [4.69, 9.17) is 5.11 Å². The Balaban J connectivity index is 2.17. The highest BCUT2D eigenvalue weighted by molar-refractivity contribution is 7.92. The average Bonchev–Trinajstić information content (AvgIpc) is 2.83. The normalized spacial score (nSPS) is 17.1. The maximum absolute atomic E-state index is 14.1. The third kappa shape index (κ3) is 2.46. The molecule has 120 valence electrons. The molecule has 0 unspecified atom stereocenters. The largest absolute Gasteiger partial charge is 0.478 e. The minimum Gasteiger partial charge on any atom is -0.478 e. The summed E-state index contributed by atoms with van der Waals surface area (Å²) in [4.78, 5) is 10.4. The molecular formula is C16H14FNO4S. The molecule has 0 bridgehead atoms. The molecule has 0 saturated heterocycles. The Hall–Kier alpha value is -2.41. The van der Waals surface area contributed by atoms with Gasteiger partial charge in [-0.3, -0.25) is 4.31 Å². The molecule has 23 heavy (non-hydrogen) atoms. The number of aromatic carboxylic acids is 1. The molecule has 0 aliphatic carbocycles. The predicted molar refractivity (Wildman–Crippen MR) is 82.6 cm³/mol. The summed E-state index contributed by atoms with van der Waals surface area (Å²) >= 11 is 0. The maximum Gasteiger partial charge on any atom is 0.335 e. The first-order chi connectivity index (χ1) is 10.8. The van der Waals surface area contributed by atoms with E-state index in [1.807, 2.05) is 12.1 Å². The number of nitrogens with zero attached hydrogens (tertiary/aromatic N) is 1. The van der Waals surface area contributed by atoms with Gasteiger partial charge in [0.2, 0.25) is 0 Å². The Morgan fingerprint density at radius 3 is 2.65 bits per heavy atom. The van der Waals surface area contributed by atoms with Gasteiger partial charge in [0.25, 0.3) is 10.0 Å². The van der Waals surface area contributed by atoms with E-state index >= 15 is 0 Å². The van der Waals surface area contributed by atoms with Crippen molar-refractivity contribution >= 4 is 21.7 Å². The van der Waals surface area contributed by atoms with Gasteiger partial charge in [-0.05, 0) is 43.2 Å². The number of fused-ring (bicyclic) bond motifs is 1. The molecule has 1 aliphatic heterocycles. The summed E-state index contributed by atoms with van der Waals surface area (Å²) in [7, 11) is -4.19. The number of rotatable bonds is 3. The molecule has 2 aromatic rings. The second-order valence-electron chi connectivity index (χ2n) is 5.43. The molecule has 5 nitrogen and oxygen atoms in total. The lowest BCUT2D eigenvalue weighted by Gasteiger charge is -2.24. The third-order valence-electron chi connectivity index (χ3n) is 3.86. The summed E-state index contributed by atoms with van der Waals surface area (Å²) in [5, 5.41) is 9.01. The van der Waals surface area contributed by atoms with Crippen LogP contribution in [0.1, 0.15) is 22.8 Å². The number of anilines is 1. The number of hydrogen-bond donors (Lipinski definition) is 1. The minimum absolute atomic E-state index is 0.273. The number of para-hydroxylation sites is 1. The topological polar surface area (TPSA) is 74.7 Å². The van der Waals surface area contributed by atoms with Gasteiger partial charge in [0.05, 0.1) is 11.3 Å². The Morgan fingerprint density at radius 1 is 1.26 bits per heavy atom. The number of carboxylic acid groups (broad SMARTS) is 1. The zero-order chi connectivity index (χ0) is 16.8. The molecule has 1 atom stereocenters. The number of sulfonamides is 1. The van der Waals surface area contributed by atoms with E-state index in [0.717, 1.165) is 28.1 Å². The van der Waals surface area contributed by atoms with Crippen molar-refractivity contribution in [3.63, 3.8) is 0 Å². The third-order valence-corrected chi connectivity index (χ3v) is 5.80. The van der Waals surface area contributed by atoms with E-state index in [2.05, 4.69) is 0 Å². The number of hydrogen-bond acceptors (Lipinski definition) is 3. The highest BCUT2D eigenvalue weighted by atomic mass is 32.2. The molecule has 1 heterocycles. The van der Waals surface area contributed by atoms with Crippen LogP contribution in [-0.4, -0.2) is 25.5 Å². The molecule has 7 heteroatoms. The van der Waals surface area contributed by atoms with Crippen molar-refractivity contribution in [1.29, 1.82) is 0 Å². The van der Waals surface area contributed by atoms with Gasteiger partial charge < -0.3 is 5.11 Å². The first-order valence-electron chi connectivity index (χ1n) is 6.97. The minimum atomic E-state index is -4.19. The molecule has 0 fully saturated rings.